The van der Waals surface area contributed by atoms with Gasteiger partial charge in [0.15, 0.2) is 0 Å². The number of amides is 2. The van der Waals surface area contributed by atoms with Crippen molar-refractivity contribution in [3.8, 4) is 0 Å². The summed E-state index contributed by atoms with van der Waals surface area (Å²) < 4.78 is 5.37. The fraction of sp³-hybridized carbons (Fsp3) is 0.429. The summed E-state index contributed by atoms with van der Waals surface area (Å²) in [5, 5.41) is 8.65. The molecule has 0 spiro atoms. The van der Waals surface area contributed by atoms with Crippen molar-refractivity contribution >= 4 is 29.9 Å². The summed E-state index contributed by atoms with van der Waals surface area (Å²) in [6, 6.07) is 7.35. The second kappa shape index (κ2) is 8.61. The van der Waals surface area contributed by atoms with Gasteiger partial charge in [-0.2, -0.15) is 0 Å². The Kier molecular flexibility index (Phi) is 7.14. The van der Waals surface area contributed by atoms with Crippen LogP contribution in [0.15, 0.2) is 24.3 Å². The molecular weight excluding hydrogens is 294 g/mol. The van der Waals surface area contributed by atoms with Crippen molar-refractivity contribution < 1.29 is 14.3 Å². The maximum Gasteiger partial charge on any atom is 0.250 e. The Morgan fingerprint density at radius 3 is 2.62 bits per heavy atom. The van der Waals surface area contributed by atoms with Crippen molar-refractivity contribution in [2.75, 3.05) is 25.0 Å². The Hall–Kier alpha value is -1.63. The van der Waals surface area contributed by atoms with E-state index in [0.29, 0.717) is 19.7 Å². The molecule has 116 valence electrons. The summed E-state index contributed by atoms with van der Waals surface area (Å²) >= 11 is 0. The first kappa shape index (κ1) is 17.4. The van der Waals surface area contributed by atoms with Crippen LogP contribution < -0.4 is 16.0 Å². The maximum atomic E-state index is 11.9. The predicted molar refractivity (Wildman–Crippen MR) is 82.5 cm³/mol. The number of hydrogen-bond acceptors (Lipinski definition) is 4. The van der Waals surface area contributed by atoms with Crippen LogP contribution in [0.1, 0.15) is 12.5 Å². The molecule has 0 aliphatic carbocycles. The van der Waals surface area contributed by atoms with Crippen molar-refractivity contribution in [2.24, 2.45) is 0 Å². The van der Waals surface area contributed by atoms with Gasteiger partial charge in [0.05, 0.1) is 6.61 Å². The van der Waals surface area contributed by atoms with Crippen LogP contribution >= 0.6 is 12.4 Å². The molecule has 21 heavy (non-hydrogen) atoms. The third-order valence-corrected chi connectivity index (χ3v) is 2.96. The van der Waals surface area contributed by atoms with Gasteiger partial charge in [0, 0.05) is 32.2 Å². The molecule has 7 heteroatoms. The monoisotopic (exact) mass is 313 g/mol. The summed E-state index contributed by atoms with van der Waals surface area (Å²) in [5.74, 6) is -0.212. The summed E-state index contributed by atoms with van der Waals surface area (Å²) in [6.07, 6.45) is -0.414. The summed E-state index contributed by atoms with van der Waals surface area (Å²) in [5.41, 5.74) is 1.71. The van der Waals surface area contributed by atoms with E-state index in [9.17, 15) is 9.59 Å². The van der Waals surface area contributed by atoms with Gasteiger partial charge in [-0.05, 0) is 17.7 Å². The fourth-order valence-electron chi connectivity index (χ4n) is 1.95. The van der Waals surface area contributed by atoms with Gasteiger partial charge in [-0.3, -0.25) is 9.59 Å². The van der Waals surface area contributed by atoms with Gasteiger partial charge in [-0.25, -0.2) is 0 Å². The molecule has 1 saturated heterocycles. The van der Waals surface area contributed by atoms with Crippen molar-refractivity contribution in [3.63, 3.8) is 0 Å². The number of ether oxygens (including phenoxy) is 1. The normalized spacial score (nSPS) is 17.5. The van der Waals surface area contributed by atoms with E-state index in [4.69, 9.17) is 4.74 Å². The van der Waals surface area contributed by atoms with Crippen LogP contribution in [0.25, 0.3) is 0 Å². The Labute approximate surface area is 130 Å². The third-order valence-electron chi connectivity index (χ3n) is 2.96. The molecule has 6 nitrogen and oxygen atoms in total. The fourth-order valence-corrected chi connectivity index (χ4v) is 1.95. The second-order valence-corrected chi connectivity index (χ2v) is 4.66. The zero-order chi connectivity index (χ0) is 14.4. The van der Waals surface area contributed by atoms with E-state index in [1.54, 1.807) is 0 Å². The maximum absolute atomic E-state index is 11.9. The van der Waals surface area contributed by atoms with Gasteiger partial charge in [0.25, 0.3) is 5.91 Å². The first-order chi connectivity index (χ1) is 9.65. The first-order valence-corrected chi connectivity index (χ1v) is 6.62. The number of hydrogen-bond donors (Lipinski definition) is 3. The van der Waals surface area contributed by atoms with E-state index in [1.807, 2.05) is 24.3 Å². The molecule has 1 unspecified atom stereocenters. The second-order valence-electron chi connectivity index (χ2n) is 4.66. The Bertz CT molecular complexity index is 473. The number of halogens is 1. The third kappa shape index (κ3) is 5.71. The van der Waals surface area contributed by atoms with Gasteiger partial charge in [0.2, 0.25) is 5.91 Å². The SMILES string of the molecule is CC(=O)Nc1ccc(CNC(=O)C2CNCCO2)cc1.Cl. The van der Waals surface area contributed by atoms with Crippen LogP contribution in [0.2, 0.25) is 0 Å². The van der Waals surface area contributed by atoms with E-state index >= 15 is 0 Å². The molecule has 1 heterocycles. The lowest BCUT2D eigenvalue weighted by atomic mass is 10.2. The van der Waals surface area contributed by atoms with E-state index in [0.717, 1.165) is 17.8 Å². The van der Waals surface area contributed by atoms with Crippen molar-refractivity contribution in [2.45, 2.75) is 19.6 Å². The Balaban J connectivity index is 0.00000220. The molecule has 0 saturated carbocycles. The van der Waals surface area contributed by atoms with Crippen LogP contribution in [-0.2, 0) is 20.9 Å². The highest BCUT2D eigenvalue weighted by atomic mass is 35.5. The Morgan fingerprint density at radius 1 is 1.33 bits per heavy atom. The molecule has 2 amide bonds. The van der Waals surface area contributed by atoms with Gasteiger partial charge in [-0.1, -0.05) is 12.1 Å². The van der Waals surface area contributed by atoms with E-state index in [1.165, 1.54) is 6.92 Å². The molecular formula is C14H20ClN3O3. The van der Waals surface area contributed by atoms with Crippen LogP contribution in [0.4, 0.5) is 5.69 Å². The predicted octanol–water partition coefficient (Wildman–Crippen LogP) is 0.671. The molecule has 1 atom stereocenters. The molecule has 1 aromatic rings. The van der Waals surface area contributed by atoms with Crippen LogP contribution in [-0.4, -0.2) is 37.6 Å². The summed E-state index contributed by atoms with van der Waals surface area (Å²) in [6.45, 7) is 3.80. The lowest BCUT2D eigenvalue weighted by Crippen LogP contribution is -2.47. The quantitative estimate of drug-likeness (QED) is 0.763. The zero-order valence-corrected chi connectivity index (χ0v) is 12.7. The van der Waals surface area contributed by atoms with Gasteiger partial charge >= 0.3 is 0 Å². The topological polar surface area (TPSA) is 79.5 Å². The van der Waals surface area contributed by atoms with E-state index in [2.05, 4.69) is 16.0 Å². The van der Waals surface area contributed by atoms with Crippen LogP contribution in [0.3, 0.4) is 0 Å². The Morgan fingerprint density at radius 2 is 2.05 bits per heavy atom. The van der Waals surface area contributed by atoms with Crippen molar-refractivity contribution in [1.29, 1.82) is 0 Å². The number of rotatable bonds is 4. The highest BCUT2D eigenvalue weighted by Crippen LogP contribution is 2.09. The minimum atomic E-state index is -0.414. The van der Waals surface area contributed by atoms with E-state index in [-0.39, 0.29) is 24.2 Å². The lowest BCUT2D eigenvalue weighted by Gasteiger charge is -2.22. The minimum absolute atomic E-state index is 0. The number of morpholine rings is 1. The minimum Gasteiger partial charge on any atom is -0.366 e. The molecule has 3 N–H and O–H groups in total. The van der Waals surface area contributed by atoms with Gasteiger partial charge < -0.3 is 20.7 Å². The molecule has 1 aromatic carbocycles. The number of benzene rings is 1. The molecule has 1 aliphatic heterocycles. The molecule has 0 bridgehead atoms. The standard InChI is InChI=1S/C14H19N3O3.ClH/c1-10(18)17-12-4-2-11(3-5-12)8-16-14(19)13-9-15-6-7-20-13;/h2-5,13,15H,6-9H2,1H3,(H,16,19)(H,17,18);1H. The average molecular weight is 314 g/mol. The van der Waals surface area contributed by atoms with E-state index < -0.39 is 6.10 Å². The van der Waals surface area contributed by atoms with Gasteiger partial charge in [-0.15, -0.1) is 12.4 Å². The first-order valence-electron chi connectivity index (χ1n) is 6.62. The summed E-state index contributed by atoms with van der Waals surface area (Å²) in [7, 11) is 0. The number of carbonyl (C=O) groups excluding carboxylic acids is 2. The van der Waals surface area contributed by atoms with Crippen LogP contribution in [0.5, 0.6) is 0 Å². The van der Waals surface area contributed by atoms with Crippen LogP contribution in [0, 0.1) is 0 Å². The smallest absolute Gasteiger partial charge is 0.250 e. The lowest BCUT2D eigenvalue weighted by molar-refractivity contribution is -0.134. The molecule has 0 aromatic heterocycles. The number of anilines is 1. The average Bonchev–Trinajstić information content (AvgIpc) is 2.46. The zero-order valence-electron chi connectivity index (χ0n) is 11.8. The number of carbonyl (C=O) groups is 2. The molecule has 1 aliphatic rings. The molecule has 0 radical (unpaired) electrons. The number of nitrogens with one attached hydrogen (secondary N) is 3. The molecule has 2 rings (SSSR count). The largest absolute Gasteiger partial charge is 0.366 e. The highest BCUT2D eigenvalue weighted by molar-refractivity contribution is 5.88. The van der Waals surface area contributed by atoms with Crippen molar-refractivity contribution in [1.82, 2.24) is 10.6 Å². The summed E-state index contributed by atoms with van der Waals surface area (Å²) in [4.78, 5) is 22.8. The van der Waals surface area contributed by atoms with Crippen molar-refractivity contribution in [3.05, 3.63) is 29.8 Å². The molecule has 1 fully saturated rings. The van der Waals surface area contributed by atoms with Gasteiger partial charge in [0.1, 0.15) is 6.10 Å². The highest BCUT2D eigenvalue weighted by Gasteiger charge is 2.20.